The minimum absolute atomic E-state index is 0.432. The van der Waals surface area contributed by atoms with Gasteiger partial charge >= 0.3 is 6.01 Å². The van der Waals surface area contributed by atoms with Crippen molar-refractivity contribution in [3.63, 3.8) is 0 Å². The summed E-state index contributed by atoms with van der Waals surface area (Å²) in [6.45, 7) is 1.04. The number of benzene rings is 1. The molecule has 1 aromatic heterocycles. The van der Waals surface area contributed by atoms with E-state index in [1.807, 2.05) is 12.4 Å². The van der Waals surface area contributed by atoms with Crippen LogP contribution < -0.4 is 4.74 Å². The smallest absolute Gasteiger partial charge is 0.316 e. The molecule has 1 aromatic carbocycles. The van der Waals surface area contributed by atoms with Gasteiger partial charge in [-0.3, -0.25) is 4.90 Å². The van der Waals surface area contributed by atoms with Crippen molar-refractivity contribution < 1.29 is 4.74 Å². The molecule has 0 amide bonds. The van der Waals surface area contributed by atoms with Gasteiger partial charge < -0.3 is 4.74 Å². The maximum Gasteiger partial charge on any atom is 0.316 e. The molecule has 4 rings (SSSR count). The first-order valence-electron chi connectivity index (χ1n) is 8.70. The van der Waals surface area contributed by atoms with Crippen molar-refractivity contribution in [2.45, 2.75) is 44.3 Å². The van der Waals surface area contributed by atoms with Crippen molar-refractivity contribution in [1.29, 1.82) is 0 Å². The molecule has 2 aliphatic rings. The normalized spacial score (nSPS) is 23.6. The number of hydrogen-bond donors (Lipinski definition) is 0. The zero-order valence-corrected chi connectivity index (χ0v) is 14.1. The first-order valence-corrected chi connectivity index (χ1v) is 8.70. The molecule has 1 saturated heterocycles. The number of piperidine rings is 1. The van der Waals surface area contributed by atoms with Gasteiger partial charge in [0.1, 0.15) is 0 Å². The SMILES string of the molecule is COc1ncc(C2=CC3CCCC(C2)N3Cc2ccccc2)cn1. The summed E-state index contributed by atoms with van der Waals surface area (Å²) in [6, 6.07) is 12.4. The second-order valence-corrected chi connectivity index (χ2v) is 6.66. The zero-order valence-electron chi connectivity index (χ0n) is 14.1. The maximum atomic E-state index is 5.06. The molecule has 0 radical (unpaired) electrons. The maximum absolute atomic E-state index is 5.06. The molecule has 2 bridgehead atoms. The molecule has 2 unspecified atom stereocenters. The van der Waals surface area contributed by atoms with E-state index >= 15 is 0 Å². The third-order valence-corrected chi connectivity index (χ3v) is 5.17. The van der Waals surface area contributed by atoms with E-state index in [9.17, 15) is 0 Å². The quantitative estimate of drug-likeness (QED) is 0.861. The highest BCUT2D eigenvalue weighted by Gasteiger charge is 2.34. The van der Waals surface area contributed by atoms with Crippen LogP contribution in [0.5, 0.6) is 6.01 Å². The van der Waals surface area contributed by atoms with Gasteiger partial charge in [0, 0.05) is 36.6 Å². The summed E-state index contributed by atoms with van der Waals surface area (Å²) < 4.78 is 5.06. The van der Waals surface area contributed by atoms with E-state index in [1.54, 1.807) is 7.11 Å². The average molecular weight is 321 g/mol. The Morgan fingerprint density at radius 1 is 1.12 bits per heavy atom. The third-order valence-electron chi connectivity index (χ3n) is 5.17. The monoisotopic (exact) mass is 321 g/mol. The third kappa shape index (κ3) is 3.06. The number of rotatable bonds is 4. The molecule has 1 fully saturated rings. The number of ether oxygens (including phenoxy) is 1. The summed E-state index contributed by atoms with van der Waals surface area (Å²) in [7, 11) is 1.60. The topological polar surface area (TPSA) is 38.2 Å². The Morgan fingerprint density at radius 2 is 1.92 bits per heavy atom. The predicted molar refractivity (Wildman–Crippen MR) is 94.6 cm³/mol. The van der Waals surface area contributed by atoms with E-state index in [0.29, 0.717) is 18.1 Å². The minimum atomic E-state index is 0.432. The van der Waals surface area contributed by atoms with Crippen LogP contribution in [0.15, 0.2) is 48.8 Å². The Hall–Kier alpha value is -2.20. The second kappa shape index (κ2) is 6.73. The molecular weight excluding hydrogens is 298 g/mol. The van der Waals surface area contributed by atoms with Crippen molar-refractivity contribution in [2.24, 2.45) is 0 Å². The van der Waals surface area contributed by atoms with Crippen molar-refractivity contribution >= 4 is 5.57 Å². The van der Waals surface area contributed by atoms with Crippen LogP contribution >= 0.6 is 0 Å². The lowest BCUT2D eigenvalue weighted by atomic mass is 9.83. The molecule has 0 saturated carbocycles. The van der Waals surface area contributed by atoms with Crippen molar-refractivity contribution in [3.8, 4) is 6.01 Å². The van der Waals surface area contributed by atoms with E-state index in [1.165, 1.54) is 30.4 Å². The number of nitrogens with zero attached hydrogens (tertiary/aromatic N) is 3. The van der Waals surface area contributed by atoms with E-state index in [0.717, 1.165) is 18.5 Å². The van der Waals surface area contributed by atoms with Crippen LogP contribution in [0.1, 0.15) is 36.8 Å². The molecule has 24 heavy (non-hydrogen) atoms. The van der Waals surface area contributed by atoms with Crippen LogP contribution in [0.4, 0.5) is 0 Å². The number of hydrogen-bond acceptors (Lipinski definition) is 4. The summed E-state index contributed by atoms with van der Waals surface area (Å²) in [5.41, 5.74) is 3.92. The summed E-state index contributed by atoms with van der Waals surface area (Å²) in [5.74, 6) is 0. The van der Waals surface area contributed by atoms with Gasteiger partial charge in [0.15, 0.2) is 0 Å². The van der Waals surface area contributed by atoms with Crippen molar-refractivity contribution in [2.75, 3.05) is 7.11 Å². The van der Waals surface area contributed by atoms with Crippen LogP contribution in [0, 0.1) is 0 Å². The molecule has 3 heterocycles. The standard InChI is InChI=1S/C20H23N3O/c1-24-20-21-12-17(13-22-20)16-10-18-8-5-9-19(11-16)23(18)14-15-6-3-2-4-7-15/h2-4,6-7,10,12-13,18-19H,5,8-9,11,14H2,1H3. The van der Waals surface area contributed by atoms with Crippen LogP contribution in [-0.4, -0.2) is 34.1 Å². The average Bonchev–Trinajstić information content (AvgIpc) is 2.62. The number of methoxy groups -OCH3 is 1. The molecule has 2 aliphatic heterocycles. The molecule has 0 N–H and O–H groups in total. The Balaban J connectivity index is 1.57. The highest BCUT2D eigenvalue weighted by Crippen LogP contribution is 2.37. The Morgan fingerprint density at radius 3 is 2.62 bits per heavy atom. The molecule has 4 heteroatoms. The van der Waals surface area contributed by atoms with Crippen LogP contribution in [-0.2, 0) is 6.54 Å². The first-order chi connectivity index (χ1) is 11.8. The zero-order chi connectivity index (χ0) is 16.4. The Labute approximate surface area is 143 Å². The molecule has 124 valence electrons. The largest absolute Gasteiger partial charge is 0.467 e. The summed E-state index contributed by atoms with van der Waals surface area (Å²) in [4.78, 5) is 11.2. The highest BCUT2D eigenvalue weighted by atomic mass is 16.5. The van der Waals surface area contributed by atoms with Gasteiger partial charge in [-0.25, -0.2) is 9.97 Å². The van der Waals surface area contributed by atoms with E-state index in [2.05, 4.69) is 51.3 Å². The Bertz CT molecular complexity index is 711. The van der Waals surface area contributed by atoms with Gasteiger partial charge in [0.05, 0.1) is 7.11 Å². The first kappa shape index (κ1) is 15.3. The van der Waals surface area contributed by atoms with Gasteiger partial charge in [0.2, 0.25) is 0 Å². The van der Waals surface area contributed by atoms with Gasteiger partial charge in [0.25, 0.3) is 0 Å². The van der Waals surface area contributed by atoms with E-state index in [-0.39, 0.29) is 0 Å². The molecular formula is C20H23N3O. The predicted octanol–water partition coefficient (Wildman–Crippen LogP) is 3.70. The van der Waals surface area contributed by atoms with Crippen molar-refractivity contribution in [3.05, 3.63) is 59.9 Å². The highest BCUT2D eigenvalue weighted by molar-refractivity contribution is 5.66. The van der Waals surface area contributed by atoms with E-state index < -0.39 is 0 Å². The fraction of sp³-hybridized carbons (Fsp3) is 0.400. The molecule has 2 atom stereocenters. The van der Waals surface area contributed by atoms with Gasteiger partial charge in [-0.15, -0.1) is 0 Å². The van der Waals surface area contributed by atoms with Crippen LogP contribution in [0.25, 0.3) is 5.57 Å². The molecule has 0 aliphatic carbocycles. The fourth-order valence-corrected chi connectivity index (χ4v) is 3.96. The van der Waals surface area contributed by atoms with Gasteiger partial charge in [-0.1, -0.05) is 42.8 Å². The minimum Gasteiger partial charge on any atom is -0.467 e. The molecule has 0 spiro atoms. The lowest BCUT2D eigenvalue weighted by Gasteiger charge is -2.45. The fourth-order valence-electron chi connectivity index (χ4n) is 3.96. The molecule has 2 aromatic rings. The lowest BCUT2D eigenvalue weighted by molar-refractivity contribution is 0.0951. The number of fused-ring (bicyclic) bond motifs is 2. The lowest BCUT2D eigenvalue weighted by Crippen LogP contribution is -2.47. The van der Waals surface area contributed by atoms with Crippen LogP contribution in [0.3, 0.4) is 0 Å². The number of aromatic nitrogens is 2. The summed E-state index contributed by atoms with van der Waals surface area (Å²) in [5, 5.41) is 0. The van der Waals surface area contributed by atoms with E-state index in [4.69, 9.17) is 4.74 Å². The van der Waals surface area contributed by atoms with Crippen LogP contribution in [0.2, 0.25) is 0 Å². The summed E-state index contributed by atoms with van der Waals surface area (Å²) in [6.07, 6.45) is 11.1. The molecule has 4 nitrogen and oxygen atoms in total. The van der Waals surface area contributed by atoms with Gasteiger partial charge in [-0.2, -0.15) is 0 Å². The van der Waals surface area contributed by atoms with Crippen molar-refractivity contribution in [1.82, 2.24) is 14.9 Å². The second-order valence-electron chi connectivity index (χ2n) is 6.66. The Kier molecular flexibility index (Phi) is 4.30. The van der Waals surface area contributed by atoms with Gasteiger partial charge in [-0.05, 0) is 30.4 Å². The summed E-state index contributed by atoms with van der Waals surface area (Å²) >= 11 is 0.